The first-order valence-corrected chi connectivity index (χ1v) is 4.80. The van der Waals surface area contributed by atoms with E-state index in [0.717, 1.165) is 19.4 Å². The van der Waals surface area contributed by atoms with E-state index < -0.39 is 0 Å². The largest absolute Gasteiger partial charge is 0.338 e. The van der Waals surface area contributed by atoms with Crippen LogP contribution in [0.15, 0.2) is 0 Å². The second-order valence-corrected chi connectivity index (χ2v) is 3.75. The lowest BCUT2D eigenvalue weighted by atomic mass is 10.1. The minimum absolute atomic E-state index is 0.0966. The van der Waals surface area contributed by atoms with Crippen molar-refractivity contribution >= 4 is 5.91 Å². The molecule has 0 aromatic heterocycles. The quantitative estimate of drug-likeness (QED) is 0.645. The summed E-state index contributed by atoms with van der Waals surface area (Å²) in [6, 6.07) is 0.688. The molecular weight excluding hydrogens is 152 g/mol. The maximum Gasteiger partial charge on any atom is 0.239 e. The lowest BCUT2D eigenvalue weighted by molar-refractivity contribution is -0.136. The van der Waals surface area contributed by atoms with Crippen LogP contribution < -0.4 is 5.32 Å². The summed E-state index contributed by atoms with van der Waals surface area (Å²) >= 11 is 0. The van der Waals surface area contributed by atoms with Gasteiger partial charge in [-0.3, -0.25) is 4.79 Å². The number of likely N-dealkylation sites (tertiary alicyclic amines) is 1. The first kappa shape index (κ1) is 8.05. The van der Waals surface area contributed by atoms with Crippen molar-refractivity contribution in [1.82, 2.24) is 10.2 Å². The molecule has 0 spiro atoms. The molecule has 1 aliphatic carbocycles. The summed E-state index contributed by atoms with van der Waals surface area (Å²) in [5, 5.41) is 3.08. The molecule has 1 N–H and O–H groups in total. The van der Waals surface area contributed by atoms with Crippen LogP contribution in [0.4, 0.5) is 0 Å². The van der Waals surface area contributed by atoms with Crippen molar-refractivity contribution in [3.63, 3.8) is 0 Å². The topological polar surface area (TPSA) is 32.3 Å². The molecule has 1 saturated carbocycles. The maximum atomic E-state index is 11.7. The van der Waals surface area contributed by atoms with Crippen LogP contribution in [-0.2, 0) is 4.79 Å². The highest BCUT2D eigenvalue weighted by Gasteiger charge is 2.37. The molecular formula is C9H16N2O. The van der Waals surface area contributed by atoms with Gasteiger partial charge in [-0.25, -0.2) is 0 Å². The van der Waals surface area contributed by atoms with Crippen molar-refractivity contribution in [2.45, 2.75) is 37.8 Å². The van der Waals surface area contributed by atoms with E-state index in [9.17, 15) is 4.79 Å². The lowest BCUT2D eigenvalue weighted by Gasteiger charge is -2.32. The third-order valence-electron chi connectivity index (χ3n) is 2.81. The van der Waals surface area contributed by atoms with Crippen molar-refractivity contribution < 1.29 is 4.79 Å². The normalized spacial score (nSPS) is 30.9. The Hall–Kier alpha value is -0.570. The molecule has 1 atom stereocenters. The van der Waals surface area contributed by atoms with Crippen LogP contribution in [0.1, 0.15) is 25.7 Å². The molecule has 3 heteroatoms. The Bertz CT molecular complexity index is 189. The number of hydrogen-bond acceptors (Lipinski definition) is 2. The Labute approximate surface area is 73.1 Å². The number of likely N-dealkylation sites (N-methyl/N-ethyl adjacent to an activating group) is 1. The standard InChI is InChI=1S/C9H16N2O/c1-10-8-3-2-6-11(9(8)12)7-4-5-7/h7-8,10H,2-6H2,1H3. The zero-order valence-electron chi connectivity index (χ0n) is 7.55. The molecule has 1 amide bonds. The minimum atomic E-state index is 0.0966. The summed E-state index contributed by atoms with van der Waals surface area (Å²) in [6.45, 7) is 0.988. The number of nitrogens with zero attached hydrogens (tertiary/aromatic N) is 1. The van der Waals surface area contributed by atoms with Crippen LogP contribution in [0.25, 0.3) is 0 Å². The Kier molecular flexibility index (Phi) is 2.05. The predicted molar refractivity (Wildman–Crippen MR) is 46.8 cm³/mol. The molecule has 1 aliphatic heterocycles. The second-order valence-electron chi connectivity index (χ2n) is 3.75. The van der Waals surface area contributed by atoms with Gasteiger partial charge in [-0.05, 0) is 32.7 Å². The zero-order valence-corrected chi connectivity index (χ0v) is 7.55. The number of carbonyl (C=O) groups is 1. The molecule has 12 heavy (non-hydrogen) atoms. The summed E-state index contributed by atoms with van der Waals surface area (Å²) < 4.78 is 0. The van der Waals surface area contributed by atoms with Crippen LogP contribution in [0.2, 0.25) is 0 Å². The SMILES string of the molecule is CNC1CCCN(C2CC2)C1=O. The Morgan fingerprint density at radius 1 is 1.42 bits per heavy atom. The highest BCUT2D eigenvalue weighted by molar-refractivity contribution is 5.83. The lowest BCUT2D eigenvalue weighted by Crippen LogP contribution is -2.50. The maximum absolute atomic E-state index is 11.7. The summed E-state index contributed by atoms with van der Waals surface area (Å²) in [6.07, 6.45) is 4.62. The molecule has 0 aromatic carbocycles. The van der Waals surface area contributed by atoms with Crippen molar-refractivity contribution in [2.24, 2.45) is 0 Å². The molecule has 68 valence electrons. The highest BCUT2D eigenvalue weighted by Crippen LogP contribution is 2.29. The van der Waals surface area contributed by atoms with Gasteiger partial charge in [0.05, 0.1) is 6.04 Å². The first-order valence-electron chi connectivity index (χ1n) is 4.80. The molecule has 1 saturated heterocycles. The molecule has 3 nitrogen and oxygen atoms in total. The monoisotopic (exact) mass is 168 g/mol. The number of amides is 1. The molecule has 0 radical (unpaired) electrons. The van der Waals surface area contributed by atoms with Crippen LogP contribution >= 0.6 is 0 Å². The average molecular weight is 168 g/mol. The fourth-order valence-electron chi connectivity index (χ4n) is 1.92. The summed E-state index contributed by atoms with van der Waals surface area (Å²) in [4.78, 5) is 13.8. The van der Waals surface area contributed by atoms with Crippen molar-refractivity contribution in [1.29, 1.82) is 0 Å². The Morgan fingerprint density at radius 2 is 2.17 bits per heavy atom. The van der Waals surface area contributed by atoms with Crippen LogP contribution in [0, 0.1) is 0 Å². The van der Waals surface area contributed by atoms with Crippen molar-refractivity contribution in [3.05, 3.63) is 0 Å². The van der Waals surface area contributed by atoms with Gasteiger partial charge in [0.1, 0.15) is 0 Å². The Balaban J connectivity index is 1.99. The van der Waals surface area contributed by atoms with Crippen LogP contribution in [-0.4, -0.2) is 36.5 Å². The van der Waals surface area contributed by atoms with Gasteiger partial charge in [-0.1, -0.05) is 0 Å². The molecule has 2 aliphatic rings. The van der Waals surface area contributed by atoms with Crippen molar-refractivity contribution in [2.75, 3.05) is 13.6 Å². The number of rotatable bonds is 2. The number of nitrogens with one attached hydrogen (secondary N) is 1. The molecule has 1 heterocycles. The first-order chi connectivity index (χ1) is 5.83. The minimum Gasteiger partial charge on any atom is -0.338 e. The predicted octanol–water partition coefficient (Wildman–Crippen LogP) is 0.359. The summed E-state index contributed by atoms with van der Waals surface area (Å²) in [5.74, 6) is 0.325. The van der Waals surface area contributed by atoms with E-state index in [0.29, 0.717) is 11.9 Å². The average Bonchev–Trinajstić information content (AvgIpc) is 2.88. The van der Waals surface area contributed by atoms with Crippen LogP contribution in [0.3, 0.4) is 0 Å². The van der Waals surface area contributed by atoms with E-state index >= 15 is 0 Å². The van der Waals surface area contributed by atoms with Gasteiger partial charge >= 0.3 is 0 Å². The molecule has 2 rings (SSSR count). The molecule has 0 bridgehead atoms. The van der Waals surface area contributed by atoms with E-state index in [1.54, 1.807) is 0 Å². The van der Waals surface area contributed by atoms with E-state index in [1.165, 1.54) is 12.8 Å². The Morgan fingerprint density at radius 3 is 2.75 bits per heavy atom. The van der Waals surface area contributed by atoms with Gasteiger partial charge in [-0.2, -0.15) is 0 Å². The van der Waals surface area contributed by atoms with E-state index in [1.807, 2.05) is 7.05 Å². The molecule has 2 fully saturated rings. The number of piperidine rings is 1. The smallest absolute Gasteiger partial charge is 0.239 e. The summed E-state index contributed by atoms with van der Waals surface area (Å²) in [5.41, 5.74) is 0. The van der Waals surface area contributed by atoms with Gasteiger partial charge < -0.3 is 10.2 Å². The van der Waals surface area contributed by atoms with Gasteiger partial charge in [0.25, 0.3) is 0 Å². The highest BCUT2D eigenvalue weighted by atomic mass is 16.2. The second kappa shape index (κ2) is 3.05. The van der Waals surface area contributed by atoms with Gasteiger partial charge in [0, 0.05) is 12.6 Å². The zero-order chi connectivity index (χ0) is 8.55. The van der Waals surface area contributed by atoms with Gasteiger partial charge in [0.2, 0.25) is 5.91 Å². The van der Waals surface area contributed by atoms with Gasteiger partial charge in [0.15, 0.2) is 0 Å². The fourth-order valence-corrected chi connectivity index (χ4v) is 1.92. The van der Waals surface area contributed by atoms with E-state index in [4.69, 9.17) is 0 Å². The van der Waals surface area contributed by atoms with E-state index in [2.05, 4.69) is 10.2 Å². The third-order valence-corrected chi connectivity index (χ3v) is 2.81. The summed E-state index contributed by atoms with van der Waals surface area (Å²) in [7, 11) is 1.87. The molecule has 1 unspecified atom stereocenters. The van der Waals surface area contributed by atoms with Gasteiger partial charge in [-0.15, -0.1) is 0 Å². The van der Waals surface area contributed by atoms with Crippen LogP contribution in [0.5, 0.6) is 0 Å². The third kappa shape index (κ3) is 1.33. The fraction of sp³-hybridized carbons (Fsp3) is 0.889. The number of hydrogen-bond donors (Lipinski definition) is 1. The number of carbonyl (C=O) groups excluding carboxylic acids is 1. The van der Waals surface area contributed by atoms with E-state index in [-0.39, 0.29) is 6.04 Å². The van der Waals surface area contributed by atoms with Crippen molar-refractivity contribution in [3.8, 4) is 0 Å². The molecule has 0 aromatic rings.